The van der Waals surface area contributed by atoms with Crippen LogP contribution >= 0.6 is 0 Å². The van der Waals surface area contributed by atoms with Gasteiger partial charge in [-0.15, -0.1) is 0 Å². The summed E-state index contributed by atoms with van der Waals surface area (Å²) in [5, 5.41) is 15.2. The fraction of sp³-hybridized carbons (Fsp3) is 0.364. The standard InChI is InChI=1S/C11H14N2O/c1-11(2,14)9-5-4-6-10-8(9)7-12-13(10)3/h4-7,14H,1-3H3. The third-order valence-electron chi connectivity index (χ3n) is 2.45. The molecule has 2 rings (SSSR count). The lowest BCUT2D eigenvalue weighted by Gasteiger charge is -2.18. The van der Waals surface area contributed by atoms with E-state index in [9.17, 15) is 5.11 Å². The van der Waals surface area contributed by atoms with Gasteiger partial charge in [0.25, 0.3) is 0 Å². The van der Waals surface area contributed by atoms with Crippen molar-refractivity contribution in [1.29, 1.82) is 0 Å². The fourth-order valence-electron chi connectivity index (χ4n) is 1.71. The van der Waals surface area contributed by atoms with E-state index in [2.05, 4.69) is 5.10 Å². The highest BCUT2D eigenvalue weighted by Crippen LogP contribution is 2.27. The minimum absolute atomic E-state index is 0.817. The third-order valence-corrected chi connectivity index (χ3v) is 2.45. The Morgan fingerprint density at radius 2 is 2.07 bits per heavy atom. The maximum Gasteiger partial charge on any atom is 0.0847 e. The van der Waals surface area contributed by atoms with Crippen LogP contribution in [0.25, 0.3) is 10.9 Å². The second-order valence-electron chi connectivity index (χ2n) is 4.07. The Labute approximate surface area is 83.0 Å². The number of hydrogen-bond donors (Lipinski definition) is 1. The lowest BCUT2D eigenvalue weighted by molar-refractivity contribution is 0.0802. The van der Waals surface area contributed by atoms with Crippen molar-refractivity contribution in [3.05, 3.63) is 30.0 Å². The summed E-state index contributed by atoms with van der Waals surface area (Å²) < 4.78 is 1.81. The molecular formula is C11H14N2O. The van der Waals surface area contributed by atoms with Gasteiger partial charge in [-0.3, -0.25) is 4.68 Å². The molecule has 0 saturated carbocycles. The van der Waals surface area contributed by atoms with Crippen LogP contribution in [0.3, 0.4) is 0 Å². The van der Waals surface area contributed by atoms with Gasteiger partial charge in [0.2, 0.25) is 0 Å². The van der Waals surface area contributed by atoms with E-state index in [1.54, 1.807) is 20.0 Å². The van der Waals surface area contributed by atoms with E-state index < -0.39 is 5.60 Å². The molecule has 0 saturated heterocycles. The average Bonchev–Trinajstić information content (AvgIpc) is 2.46. The van der Waals surface area contributed by atoms with Crippen LogP contribution in [0.2, 0.25) is 0 Å². The quantitative estimate of drug-likeness (QED) is 0.744. The van der Waals surface area contributed by atoms with E-state index in [0.717, 1.165) is 16.5 Å². The first-order chi connectivity index (χ1) is 6.50. The molecule has 1 N–H and O–H groups in total. The van der Waals surface area contributed by atoms with Crippen molar-refractivity contribution in [2.75, 3.05) is 0 Å². The van der Waals surface area contributed by atoms with Gasteiger partial charge < -0.3 is 5.11 Å². The number of rotatable bonds is 1. The molecule has 1 heterocycles. The van der Waals surface area contributed by atoms with Crippen LogP contribution in [-0.4, -0.2) is 14.9 Å². The molecule has 0 bridgehead atoms. The summed E-state index contributed by atoms with van der Waals surface area (Å²) in [6, 6.07) is 5.87. The zero-order valence-corrected chi connectivity index (χ0v) is 8.65. The van der Waals surface area contributed by atoms with Crippen molar-refractivity contribution >= 4 is 10.9 Å². The Morgan fingerprint density at radius 3 is 2.71 bits per heavy atom. The number of aromatic nitrogens is 2. The van der Waals surface area contributed by atoms with Crippen molar-refractivity contribution in [2.45, 2.75) is 19.4 Å². The Morgan fingerprint density at radius 1 is 1.36 bits per heavy atom. The number of benzene rings is 1. The first-order valence-corrected chi connectivity index (χ1v) is 4.64. The molecule has 0 atom stereocenters. The van der Waals surface area contributed by atoms with E-state index in [4.69, 9.17) is 0 Å². The summed E-state index contributed by atoms with van der Waals surface area (Å²) >= 11 is 0. The zero-order chi connectivity index (χ0) is 10.3. The number of hydrogen-bond acceptors (Lipinski definition) is 2. The van der Waals surface area contributed by atoms with E-state index in [1.807, 2.05) is 29.9 Å². The molecule has 0 unspecified atom stereocenters. The lowest BCUT2D eigenvalue weighted by Crippen LogP contribution is -2.15. The van der Waals surface area contributed by atoms with Gasteiger partial charge in [-0.05, 0) is 25.5 Å². The lowest BCUT2D eigenvalue weighted by atomic mass is 9.95. The molecular weight excluding hydrogens is 176 g/mol. The number of nitrogens with zero attached hydrogens (tertiary/aromatic N) is 2. The largest absolute Gasteiger partial charge is 0.386 e. The summed E-state index contributed by atoms with van der Waals surface area (Å²) in [5.41, 5.74) is 1.15. The maximum absolute atomic E-state index is 9.96. The van der Waals surface area contributed by atoms with Gasteiger partial charge in [0, 0.05) is 12.4 Å². The highest BCUT2D eigenvalue weighted by atomic mass is 16.3. The predicted octanol–water partition coefficient (Wildman–Crippen LogP) is 1.80. The number of aryl methyl sites for hydroxylation is 1. The molecule has 0 aliphatic heterocycles. The van der Waals surface area contributed by atoms with E-state index >= 15 is 0 Å². The smallest absolute Gasteiger partial charge is 0.0847 e. The molecule has 1 aromatic carbocycles. The average molecular weight is 190 g/mol. The van der Waals surface area contributed by atoms with Gasteiger partial charge in [-0.1, -0.05) is 12.1 Å². The van der Waals surface area contributed by atoms with Crippen LogP contribution in [0.15, 0.2) is 24.4 Å². The highest BCUT2D eigenvalue weighted by molar-refractivity contribution is 5.83. The van der Waals surface area contributed by atoms with Gasteiger partial charge in [0.15, 0.2) is 0 Å². The maximum atomic E-state index is 9.96. The third kappa shape index (κ3) is 1.30. The highest BCUT2D eigenvalue weighted by Gasteiger charge is 2.19. The molecule has 74 valence electrons. The monoisotopic (exact) mass is 190 g/mol. The van der Waals surface area contributed by atoms with Gasteiger partial charge in [-0.2, -0.15) is 5.10 Å². The Kier molecular flexibility index (Phi) is 1.86. The zero-order valence-electron chi connectivity index (χ0n) is 8.65. The first-order valence-electron chi connectivity index (χ1n) is 4.64. The summed E-state index contributed by atoms with van der Waals surface area (Å²) in [5.74, 6) is 0. The molecule has 0 aliphatic rings. The fourth-order valence-corrected chi connectivity index (χ4v) is 1.71. The minimum Gasteiger partial charge on any atom is -0.386 e. The van der Waals surface area contributed by atoms with Crippen LogP contribution in [0.5, 0.6) is 0 Å². The first kappa shape index (κ1) is 9.21. The molecule has 2 aromatic rings. The second-order valence-corrected chi connectivity index (χ2v) is 4.07. The van der Waals surface area contributed by atoms with Gasteiger partial charge in [-0.25, -0.2) is 0 Å². The Balaban J connectivity index is 2.79. The molecule has 0 amide bonds. The Bertz CT molecular complexity index is 466. The summed E-state index contributed by atoms with van der Waals surface area (Å²) in [4.78, 5) is 0. The summed E-state index contributed by atoms with van der Waals surface area (Å²) in [7, 11) is 1.90. The van der Waals surface area contributed by atoms with Gasteiger partial charge in [0.05, 0.1) is 17.3 Å². The van der Waals surface area contributed by atoms with Gasteiger partial charge >= 0.3 is 0 Å². The van der Waals surface area contributed by atoms with Crippen LogP contribution < -0.4 is 0 Å². The number of aliphatic hydroxyl groups is 1. The van der Waals surface area contributed by atoms with Crippen molar-refractivity contribution in [3.8, 4) is 0 Å². The van der Waals surface area contributed by atoms with E-state index in [0.29, 0.717) is 0 Å². The van der Waals surface area contributed by atoms with E-state index in [-0.39, 0.29) is 0 Å². The van der Waals surface area contributed by atoms with Crippen molar-refractivity contribution < 1.29 is 5.11 Å². The van der Waals surface area contributed by atoms with E-state index in [1.165, 1.54) is 0 Å². The van der Waals surface area contributed by atoms with Gasteiger partial charge in [0.1, 0.15) is 0 Å². The molecule has 3 nitrogen and oxygen atoms in total. The molecule has 3 heteroatoms. The molecule has 1 aromatic heterocycles. The molecule has 0 aliphatic carbocycles. The SMILES string of the molecule is Cn1ncc2c(C(C)(C)O)cccc21. The van der Waals surface area contributed by atoms with Crippen molar-refractivity contribution in [3.63, 3.8) is 0 Å². The number of fused-ring (bicyclic) bond motifs is 1. The minimum atomic E-state index is -0.817. The normalized spacial score (nSPS) is 12.3. The van der Waals surface area contributed by atoms with Crippen LogP contribution in [0.4, 0.5) is 0 Å². The Hall–Kier alpha value is -1.35. The summed E-state index contributed by atoms with van der Waals surface area (Å²) in [6.45, 7) is 3.57. The summed E-state index contributed by atoms with van der Waals surface area (Å²) in [6.07, 6.45) is 1.79. The topological polar surface area (TPSA) is 38.0 Å². The molecule has 0 fully saturated rings. The van der Waals surface area contributed by atoms with Crippen molar-refractivity contribution in [1.82, 2.24) is 9.78 Å². The van der Waals surface area contributed by atoms with Crippen LogP contribution in [0.1, 0.15) is 19.4 Å². The van der Waals surface area contributed by atoms with Crippen LogP contribution in [-0.2, 0) is 12.6 Å². The van der Waals surface area contributed by atoms with Crippen LogP contribution in [0, 0.1) is 0 Å². The van der Waals surface area contributed by atoms with Crippen molar-refractivity contribution in [2.24, 2.45) is 7.05 Å². The second kappa shape index (κ2) is 2.82. The molecule has 14 heavy (non-hydrogen) atoms. The molecule has 0 radical (unpaired) electrons. The predicted molar refractivity (Wildman–Crippen MR) is 56.0 cm³/mol. The molecule has 0 spiro atoms.